The van der Waals surface area contributed by atoms with Gasteiger partial charge in [-0.05, 0) is 60.9 Å². The van der Waals surface area contributed by atoms with Gasteiger partial charge in [0.05, 0.1) is 25.2 Å². The standard InChI is InChI=1S/C28H35NO4S.C2H3F3O3S/c1-5-30-18-20-32-24-14-10-22(11-15-24)26-8-7-9-27(34-29(3)4)28(26)23-12-16-25(17-13-23)33-21-19-31-6-2;3-2(4,5)1-9(6,7)8/h7-17H,5-6,18-21H2,1-4H3;1H2,(H,6,7,8). The molecular formula is C30H38F3NO7S2. The molecule has 3 aromatic rings. The van der Waals surface area contributed by atoms with Crippen LogP contribution in [0.15, 0.2) is 71.6 Å². The minimum absolute atomic E-state index is 0.549. The van der Waals surface area contributed by atoms with Gasteiger partial charge in [-0.1, -0.05) is 36.4 Å². The van der Waals surface area contributed by atoms with Crippen LogP contribution in [-0.2, 0) is 31.5 Å². The molecule has 3 rings (SSSR count). The predicted molar refractivity (Wildman–Crippen MR) is 163 cm³/mol. The van der Waals surface area contributed by atoms with Gasteiger partial charge in [-0.3, -0.25) is 0 Å². The minimum Gasteiger partial charge on any atom is -0.748 e. The Balaban J connectivity index is 0.000000621. The molecule has 8 nitrogen and oxygen atoms in total. The molecule has 0 atom stereocenters. The number of hydrogen-bond acceptors (Lipinski definition) is 8. The van der Waals surface area contributed by atoms with Crippen LogP contribution in [0.3, 0.4) is 0 Å². The quantitative estimate of drug-likeness (QED) is 0.0913. The number of thiol groups is 1. The number of hydrogen-bond donors (Lipinski definition) is 0. The highest BCUT2D eigenvalue weighted by Gasteiger charge is 2.30. The summed E-state index contributed by atoms with van der Waals surface area (Å²) in [6, 6.07) is 23.1. The number of alkyl halides is 3. The molecule has 0 unspecified atom stereocenters. The molecule has 0 spiro atoms. The molecular weight excluding hydrogens is 607 g/mol. The van der Waals surface area contributed by atoms with Gasteiger partial charge < -0.3 is 23.5 Å². The normalized spacial score (nSPS) is 11.7. The first-order valence-corrected chi connectivity index (χ1v) is 15.9. The smallest absolute Gasteiger partial charge is 0.401 e. The number of halogens is 3. The van der Waals surface area contributed by atoms with Crippen molar-refractivity contribution in [2.45, 2.75) is 24.9 Å². The van der Waals surface area contributed by atoms with Crippen molar-refractivity contribution in [3.8, 4) is 33.8 Å². The molecule has 0 radical (unpaired) electrons. The summed E-state index contributed by atoms with van der Waals surface area (Å²) in [4.78, 5) is 1.25. The van der Waals surface area contributed by atoms with Crippen LogP contribution in [0.2, 0.25) is 0 Å². The van der Waals surface area contributed by atoms with Gasteiger partial charge in [0.1, 0.15) is 40.6 Å². The van der Waals surface area contributed by atoms with Crippen LogP contribution in [0.25, 0.3) is 22.3 Å². The fraction of sp³-hybridized carbons (Fsp3) is 0.400. The molecule has 0 heterocycles. The third kappa shape index (κ3) is 14.5. The molecule has 0 aliphatic carbocycles. The van der Waals surface area contributed by atoms with Crippen molar-refractivity contribution in [1.82, 2.24) is 4.31 Å². The van der Waals surface area contributed by atoms with Gasteiger partial charge in [0.25, 0.3) is 0 Å². The summed E-state index contributed by atoms with van der Waals surface area (Å²) >= 11 is 1.14. The van der Waals surface area contributed by atoms with Crippen LogP contribution in [0, 0.1) is 0 Å². The highest BCUT2D eigenvalue weighted by Crippen LogP contribution is 2.37. The van der Waals surface area contributed by atoms with E-state index in [4.69, 9.17) is 18.9 Å². The zero-order valence-corrected chi connectivity index (χ0v) is 26.3. The number of benzene rings is 3. The summed E-state index contributed by atoms with van der Waals surface area (Å²) in [6.45, 7) is 7.67. The minimum atomic E-state index is -5.16. The lowest BCUT2D eigenvalue weighted by Crippen LogP contribution is -2.21. The van der Waals surface area contributed by atoms with Gasteiger partial charge >= 0.3 is 6.18 Å². The monoisotopic (exact) mass is 645 g/mol. The highest BCUT2D eigenvalue weighted by atomic mass is 32.2. The van der Waals surface area contributed by atoms with E-state index in [2.05, 4.69) is 60.9 Å². The van der Waals surface area contributed by atoms with E-state index in [-0.39, 0.29) is 0 Å². The molecule has 238 valence electrons. The SMILES string of the molecule is CCOCCOc1ccc(-c2cccc([SH+]N(C)C)c2-c2ccc(OCCOCC)cc2)cc1.O=S(=O)([O-])CC(F)(F)F. The molecule has 0 fully saturated rings. The van der Waals surface area contributed by atoms with E-state index in [1.54, 1.807) is 0 Å². The van der Waals surface area contributed by atoms with Crippen molar-refractivity contribution >= 4 is 22.1 Å². The van der Waals surface area contributed by atoms with Crippen molar-refractivity contribution in [2.75, 3.05) is 59.5 Å². The van der Waals surface area contributed by atoms with Crippen molar-refractivity contribution in [2.24, 2.45) is 0 Å². The van der Waals surface area contributed by atoms with E-state index < -0.39 is 22.0 Å². The molecule has 0 saturated carbocycles. The second-order valence-corrected chi connectivity index (χ2v) is 12.0. The molecule has 0 aliphatic heterocycles. The molecule has 3 aromatic carbocycles. The highest BCUT2D eigenvalue weighted by molar-refractivity contribution is 7.85. The summed E-state index contributed by atoms with van der Waals surface area (Å²) in [6.07, 6.45) is -4.92. The van der Waals surface area contributed by atoms with E-state index in [1.165, 1.54) is 16.0 Å². The second-order valence-electron chi connectivity index (χ2n) is 9.10. The predicted octanol–water partition coefficient (Wildman–Crippen LogP) is 5.60. The Morgan fingerprint density at radius 3 is 1.65 bits per heavy atom. The largest absolute Gasteiger partial charge is 0.748 e. The Morgan fingerprint density at radius 2 is 1.26 bits per heavy atom. The summed E-state index contributed by atoms with van der Waals surface area (Å²) in [5.74, 6) is -0.595. The topological polar surface area (TPSA) is 97.4 Å². The van der Waals surface area contributed by atoms with Gasteiger partial charge in [0, 0.05) is 32.9 Å². The van der Waals surface area contributed by atoms with Gasteiger partial charge in [0.2, 0.25) is 0 Å². The Bertz CT molecular complexity index is 1340. The molecule has 0 bridgehead atoms. The van der Waals surface area contributed by atoms with Crippen LogP contribution in [0.5, 0.6) is 11.5 Å². The van der Waals surface area contributed by atoms with Gasteiger partial charge in [-0.2, -0.15) is 13.2 Å². The molecule has 13 heteroatoms. The summed E-state index contributed by atoms with van der Waals surface area (Å²) in [5, 5.41) is 0. The van der Waals surface area contributed by atoms with Gasteiger partial charge in [-0.15, -0.1) is 4.31 Å². The van der Waals surface area contributed by atoms with E-state index in [9.17, 15) is 26.1 Å². The van der Waals surface area contributed by atoms with Crippen LogP contribution in [0.1, 0.15) is 13.8 Å². The number of rotatable bonds is 15. The maximum absolute atomic E-state index is 11.0. The first-order valence-electron chi connectivity index (χ1n) is 13.5. The lowest BCUT2D eigenvalue weighted by Gasteiger charge is -2.14. The summed E-state index contributed by atoms with van der Waals surface area (Å²) in [5.41, 5.74) is 4.73. The Labute approximate surface area is 256 Å². The van der Waals surface area contributed by atoms with Crippen LogP contribution in [-0.4, -0.2) is 82.9 Å². The Hall–Kier alpha value is -2.81. The van der Waals surface area contributed by atoms with E-state index in [0.717, 1.165) is 34.6 Å². The average Bonchev–Trinajstić information content (AvgIpc) is 2.92. The maximum Gasteiger partial charge on any atom is 0.401 e. The van der Waals surface area contributed by atoms with Crippen molar-refractivity contribution < 1.29 is 45.1 Å². The lowest BCUT2D eigenvalue weighted by molar-refractivity contribution is -0.107. The summed E-state index contributed by atoms with van der Waals surface area (Å²) in [7, 11) is -0.987. The maximum atomic E-state index is 11.0. The van der Waals surface area contributed by atoms with E-state index in [0.29, 0.717) is 39.6 Å². The Kier molecular flexibility index (Phi) is 15.3. The van der Waals surface area contributed by atoms with Crippen molar-refractivity contribution in [3.63, 3.8) is 0 Å². The molecule has 0 N–H and O–H groups in total. The van der Waals surface area contributed by atoms with E-state index in [1.807, 2.05) is 38.1 Å². The van der Waals surface area contributed by atoms with Gasteiger partial charge in [0.15, 0.2) is 4.90 Å². The molecule has 0 aromatic heterocycles. The fourth-order valence-electron chi connectivity index (χ4n) is 3.76. The number of nitrogens with zero attached hydrogens (tertiary/aromatic N) is 1. The zero-order chi connectivity index (χ0) is 31.9. The van der Waals surface area contributed by atoms with Crippen LogP contribution in [0.4, 0.5) is 13.2 Å². The van der Waals surface area contributed by atoms with Crippen molar-refractivity contribution in [3.05, 3.63) is 66.7 Å². The molecule has 43 heavy (non-hydrogen) atoms. The second kappa shape index (κ2) is 18.1. The van der Waals surface area contributed by atoms with Crippen LogP contribution < -0.4 is 9.47 Å². The van der Waals surface area contributed by atoms with Crippen LogP contribution >= 0.6 is 0 Å². The van der Waals surface area contributed by atoms with E-state index >= 15 is 0 Å². The molecule has 0 amide bonds. The zero-order valence-electron chi connectivity index (χ0n) is 24.6. The number of ether oxygens (including phenoxy) is 4. The third-order valence-electron chi connectivity index (χ3n) is 5.40. The Morgan fingerprint density at radius 1 is 0.767 bits per heavy atom. The van der Waals surface area contributed by atoms with Crippen molar-refractivity contribution in [1.29, 1.82) is 0 Å². The first-order chi connectivity index (χ1) is 20.3. The molecule has 0 saturated heterocycles. The molecule has 0 aliphatic rings. The first kappa shape index (κ1) is 36.4. The van der Waals surface area contributed by atoms with Gasteiger partial charge in [-0.25, -0.2) is 8.42 Å². The average molecular weight is 646 g/mol. The fourth-order valence-corrected chi connectivity index (χ4v) is 5.09. The summed E-state index contributed by atoms with van der Waals surface area (Å²) < 4.78 is 85.5. The third-order valence-corrected chi connectivity index (χ3v) is 7.07. The lowest BCUT2D eigenvalue weighted by atomic mass is 9.94.